The van der Waals surface area contributed by atoms with Crippen LogP contribution in [0.5, 0.6) is 0 Å². The van der Waals surface area contributed by atoms with Crippen molar-refractivity contribution in [2.45, 2.75) is 51.5 Å². The van der Waals surface area contributed by atoms with Crippen LogP contribution in [0, 0.1) is 5.41 Å². The first-order valence-electron chi connectivity index (χ1n) is 6.43. The van der Waals surface area contributed by atoms with Crippen molar-refractivity contribution in [1.82, 2.24) is 5.32 Å². The predicted molar refractivity (Wildman–Crippen MR) is 66.3 cm³/mol. The smallest absolute Gasteiger partial charge is 0.150 e. The van der Waals surface area contributed by atoms with E-state index in [-0.39, 0.29) is 0 Å². The molecule has 0 aromatic carbocycles. The number of hydrogen-bond donors (Lipinski definition) is 1. The molecule has 0 aromatic heterocycles. The van der Waals surface area contributed by atoms with Crippen molar-refractivity contribution >= 4 is 9.84 Å². The highest BCUT2D eigenvalue weighted by Gasteiger charge is 2.30. The van der Waals surface area contributed by atoms with Crippen LogP contribution in [0.25, 0.3) is 0 Å². The van der Waals surface area contributed by atoms with Crippen molar-refractivity contribution in [2.75, 3.05) is 18.1 Å². The fourth-order valence-corrected chi connectivity index (χ4v) is 4.38. The van der Waals surface area contributed by atoms with Gasteiger partial charge in [0.2, 0.25) is 0 Å². The molecular weight excluding hydrogens is 222 g/mol. The molecule has 2 rings (SSSR count). The highest BCUT2D eigenvalue weighted by atomic mass is 32.2. The van der Waals surface area contributed by atoms with E-state index < -0.39 is 9.84 Å². The van der Waals surface area contributed by atoms with Crippen LogP contribution in [0.4, 0.5) is 0 Å². The van der Waals surface area contributed by atoms with Crippen molar-refractivity contribution in [3.05, 3.63) is 0 Å². The van der Waals surface area contributed by atoms with Gasteiger partial charge in [-0.05, 0) is 31.1 Å². The van der Waals surface area contributed by atoms with Gasteiger partial charge < -0.3 is 5.32 Å². The predicted octanol–water partition coefficient (Wildman–Crippen LogP) is 1.73. The molecule has 16 heavy (non-hydrogen) atoms. The van der Waals surface area contributed by atoms with E-state index in [0.29, 0.717) is 23.0 Å². The number of nitrogens with one attached hydrogen (secondary N) is 1. The maximum absolute atomic E-state index is 11.3. The molecule has 2 aliphatic rings. The van der Waals surface area contributed by atoms with Gasteiger partial charge in [-0.15, -0.1) is 0 Å². The average Bonchev–Trinajstić information content (AvgIpc) is 2.64. The van der Waals surface area contributed by atoms with Gasteiger partial charge >= 0.3 is 0 Å². The van der Waals surface area contributed by atoms with Crippen LogP contribution in [0.2, 0.25) is 0 Å². The van der Waals surface area contributed by atoms with E-state index in [1.54, 1.807) is 0 Å². The van der Waals surface area contributed by atoms with Crippen molar-refractivity contribution < 1.29 is 8.42 Å². The van der Waals surface area contributed by atoms with Gasteiger partial charge in [-0.1, -0.05) is 19.8 Å². The Balaban J connectivity index is 1.75. The second-order valence-corrected chi connectivity index (χ2v) is 8.13. The molecule has 1 aliphatic heterocycles. The Morgan fingerprint density at radius 3 is 2.31 bits per heavy atom. The molecule has 1 N–H and O–H groups in total. The Morgan fingerprint density at radius 2 is 1.75 bits per heavy atom. The Bertz CT molecular complexity index is 317. The molecule has 0 spiro atoms. The first kappa shape index (κ1) is 12.4. The summed E-state index contributed by atoms with van der Waals surface area (Å²) >= 11 is 0. The lowest BCUT2D eigenvalue weighted by atomic mass is 9.88. The molecule has 1 aliphatic carbocycles. The quantitative estimate of drug-likeness (QED) is 0.823. The Labute approximate surface area is 98.9 Å². The molecule has 0 unspecified atom stereocenters. The van der Waals surface area contributed by atoms with E-state index in [4.69, 9.17) is 0 Å². The van der Waals surface area contributed by atoms with E-state index in [0.717, 1.165) is 19.4 Å². The molecular formula is C12H23NO2S. The summed E-state index contributed by atoms with van der Waals surface area (Å²) < 4.78 is 22.6. The lowest BCUT2D eigenvalue weighted by Gasteiger charge is -2.29. The number of hydrogen-bond acceptors (Lipinski definition) is 3. The first-order chi connectivity index (χ1) is 7.49. The molecule has 0 atom stereocenters. The van der Waals surface area contributed by atoms with E-state index in [1.807, 2.05) is 0 Å². The molecule has 2 fully saturated rings. The second-order valence-electron chi connectivity index (χ2n) is 5.82. The standard InChI is InChI=1S/C12H23NO2S/c1-12(6-2-3-7-12)10-13-11-4-8-16(14,15)9-5-11/h11,13H,2-10H2,1H3. The van der Waals surface area contributed by atoms with E-state index >= 15 is 0 Å². The van der Waals surface area contributed by atoms with Crippen molar-refractivity contribution in [3.8, 4) is 0 Å². The summed E-state index contributed by atoms with van der Waals surface area (Å²) in [6.07, 6.45) is 6.97. The maximum Gasteiger partial charge on any atom is 0.150 e. The summed E-state index contributed by atoms with van der Waals surface area (Å²) in [6.45, 7) is 3.42. The average molecular weight is 245 g/mol. The van der Waals surface area contributed by atoms with Gasteiger partial charge in [-0.25, -0.2) is 8.42 Å². The molecule has 94 valence electrons. The number of sulfone groups is 1. The van der Waals surface area contributed by atoms with E-state index in [9.17, 15) is 8.42 Å². The van der Waals surface area contributed by atoms with Crippen LogP contribution >= 0.6 is 0 Å². The summed E-state index contributed by atoms with van der Waals surface area (Å²) in [7, 11) is -2.71. The Hall–Kier alpha value is -0.0900. The molecule has 0 aromatic rings. The molecule has 3 nitrogen and oxygen atoms in total. The molecule has 1 saturated heterocycles. The normalized spacial score (nSPS) is 29.3. The molecule has 0 amide bonds. The van der Waals surface area contributed by atoms with Gasteiger partial charge in [0.15, 0.2) is 0 Å². The fourth-order valence-electron chi connectivity index (χ4n) is 2.89. The zero-order valence-corrected chi connectivity index (χ0v) is 11.0. The van der Waals surface area contributed by atoms with Crippen LogP contribution < -0.4 is 5.32 Å². The van der Waals surface area contributed by atoms with Gasteiger partial charge in [0.1, 0.15) is 9.84 Å². The van der Waals surface area contributed by atoms with Gasteiger partial charge in [0.05, 0.1) is 11.5 Å². The van der Waals surface area contributed by atoms with Gasteiger partial charge in [0.25, 0.3) is 0 Å². The Kier molecular flexibility index (Phi) is 3.59. The van der Waals surface area contributed by atoms with Crippen LogP contribution in [-0.4, -0.2) is 32.5 Å². The van der Waals surface area contributed by atoms with Crippen molar-refractivity contribution in [1.29, 1.82) is 0 Å². The minimum absolute atomic E-state index is 0.376. The minimum Gasteiger partial charge on any atom is -0.313 e. The largest absolute Gasteiger partial charge is 0.313 e. The molecule has 4 heteroatoms. The summed E-state index contributed by atoms with van der Waals surface area (Å²) in [5, 5.41) is 3.58. The van der Waals surface area contributed by atoms with Gasteiger partial charge in [0, 0.05) is 12.6 Å². The van der Waals surface area contributed by atoms with Crippen LogP contribution in [0.15, 0.2) is 0 Å². The van der Waals surface area contributed by atoms with Crippen molar-refractivity contribution in [3.63, 3.8) is 0 Å². The van der Waals surface area contributed by atoms with Crippen LogP contribution in [0.3, 0.4) is 0 Å². The maximum atomic E-state index is 11.3. The lowest BCUT2D eigenvalue weighted by molar-refractivity contribution is 0.290. The highest BCUT2D eigenvalue weighted by molar-refractivity contribution is 7.91. The zero-order chi connectivity index (χ0) is 11.6. The number of rotatable bonds is 3. The molecule has 0 bridgehead atoms. The zero-order valence-electron chi connectivity index (χ0n) is 10.2. The Morgan fingerprint density at radius 1 is 1.19 bits per heavy atom. The lowest BCUT2D eigenvalue weighted by Crippen LogP contribution is -2.41. The van der Waals surface area contributed by atoms with Crippen LogP contribution in [0.1, 0.15) is 45.4 Å². The first-order valence-corrected chi connectivity index (χ1v) is 8.25. The third-order valence-corrected chi connectivity index (χ3v) is 5.90. The second kappa shape index (κ2) is 4.65. The molecule has 1 saturated carbocycles. The highest BCUT2D eigenvalue weighted by Crippen LogP contribution is 2.36. The van der Waals surface area contributed by atoms with Crippen molar-refractivity contribution in [2.24, 2.45) is 5.41 Å². The third kappa shape index (κ3) is 3.20. The third-order valence-electron chi connectivity index (χ3n) is 4.18. The summed E-state index contributed by atoms with van der Waals surface area (Å²) in [6, 6.07) is 0.431. The monoisotopic (exact) mass is 245 g/mol. The minimum atomic E-state index is -2.71. The molecule has 0 radical (unpaired) electrons. The van der Waals surface area contributed by atoms with Crippen LogP contribution in [-0.2, 0) is 9.84 Å². The topological polar surface area (TPSA) is 46.2 Å². The molecule has 1 heterocycles. The summed E-state index contributed by atoms with van der Waals surface area (Å²) in [5.41, 5.74) is 0.469. The van der Waals surface area contributed by atoms with Gasteiger partial charge in [-0.3, -0.25) is 0 Å². The van der Waals surface area contributed by atoms with E-state index in [1.165, 1.54) is 25.7 Å². The van der Waals surface area contributed by atoms with E-state index in [2.05, 4.69) is 12.2 Å². The summed E-state index contributed by atoms with van der Waals surface area (Å²) in [5.74, 6) is 0.753. The van der Waals surface area contributed by atoms with Gasteiger partial charge in [-0.2, -0.15) is 0 Å². The fraction of sp³-hybridized carbons (Fsp3) is 1.00. The summed E-state index contributed by atoms with van der Waals surface area (Å²) in [4.78, 5) is 0. The SMILES string of the molecule is CC1(CNC2CCS(=O)(=O)CC2)CCCC1.